The fourth-order valence-corrected chi connectivity index (χ4v) is 2.13. The van der Waals surface area contributed by atoms with E-state index in [1.165, 1.54) is 0 Å². The molecule has 1 unspecified atom stereocenters. The Morgan fingerprint density at radius 3 is 2.38 bits per heavy atom. The lowest BCUT2D eigenvalue weighted by molar-refractivity contribution is 0.0481. The standard InChI is InChI=1S/C17H28N2O2/c1-12(2)9-10-17(5,21)11-18-16(20)19-15-13(3)7-6-8-14(15)4/h6-8,12,21H,9-11H2,1-5H3,(H2,18,19,20). The van der Waals surface area contributed by atoms with Gasteiger partial charge in [0.25, 0.3) is 0 Å². The molecule has 21 heavy (non-hydrogen) atoms. The summed E-state index contributed by atoms with van der Waals surface area (Å²) in [6.07, 6.45) is 1.61. The molecule has 0 spiro atoms. The predicted octanol–water partition coefficient (Wildman–Crippen LogP) is 3.61. The normalized spacial score (nSPS) is 13.9. The monoisotopic (exact) mass is 292 g/mol. The second-order valence-corrected chi connectivity index (χ2v) is 6.50. The number of aryl methyl sites for hydroxylation is 2. The lowest BCUT2D eigenvalue weighted by atomic mass is 9.95. The molecule has 2 amide bonds. The zero-order valence-electron chi connectivity index (χ0n) is 13.8. The van der Waals surface area contributed by atoms with E-state index in [9.17, 15) is 9.90 Å². The zero-order valence-corrected chi connectivity index (χ0v) is 13.8. The van der Waals surface area contributed by atoms with Crippen molar-refractivity contribution >= 4 is 11.7 Å². The molecule has 1 aromatic carbocycles. The maximum Gasteiger partial charge on any atom is 0.319 e. The number of hydrogen-bond donors (Lipinski definition) is 3. The van der Waals surface area contributed by atoms with Gasteiger partial charge < -0.3 is 15.7 Å². The van der Waals surface area contributed by atoms with Gasteiger partial charge >= 0.3 is 6.03 Å². The molecule has 118 valence electrons. The molecule has 0 aliphatic heterocycles. The fraction of sp³-hybridized carbons (Fsp3) is 0.588. The van der Waals surface area contributed by atoms with Gasteiger partial charge in [0.05, 0.1) is 5.60 Å². The minimum Gasteiger partial charge on any atom is -0.388 e. The molecular weight excluding hydrogens is 264 g/mol. The minimum absolute atomic E-state index is 0.247. The number of para-hydroxylation sites is 1. The van der Waals surface area contributed by atoms with E-state index in [-0.39, 0.29) is 12.6 Å². The second kappa shape index (κ2) is 7.46. The first-order chi connectivity index (χ1) is 9.71. The Labute approximate surface area is 128 Å². The van der Waals surface area contributed by atoms with Crippen molar-refractivity contribution in [3.05, 3.63) is 29.3 Å². The quantitative estimate of drug-likeness (QED) is 0.750. The van der Waals surface area contributed by atoms with Crippen LogP contribution in [0, 0.1) is 19.8 Å². The van der Waals surface area contributed by atoms with Crippen LogP contribution >= 0.6 is 0 Å². The number of amides is 2. The van der Waals surface area contributed by atoms with Crippen molar-refractivity contribution in [2.75, 3.05) is 11.9 Å². The van der Waals surface area contributed by atoms with Crippen molar-refractivity contribution in [1.82, 2.24) is 5.32 Å². The lowest BCUT2D eigenvalue weighted by Gasteiger charge is -2.24. The first-order valence-corrected chi connectivity index (χ1v) is 7.55. The summed E-state index contributed by atoms with van der Waals surface area (Å²) in [5, 5.41) is 15.8. The van der Waals surface area contributed by atoms with E-state index in [1.807, 2.05) is 32.0 Å². The van der Waals surface area contributed by atoms with Gasteiger partial charge in [0.1, 0.15) is 0 Å². The second-order valence-electron chi connectivity index (χ2n) is 6.50. The molecule has 0 aromatic heterocycles. The van der Waals surface area contributed by atoms with Gasteiger partial charge in [-0.2, -0.15) is 0 Å². The van der Waals surface area contributed by atoms with Gasteiger partial charge in [-0.3, -0.25) is 0 Å². The van der Waals surface area contributed by atoms with Crippen molar-refractivity contribution in [3.63, 3.8) is 0 Å². The minimum atomic E-state index is -0.873. The topological polar surface area (TPSA) is 61.4 Å². The summed E-state index contributed by atoms with van der Waals surface area (Å²) in [7, 11) is 0. The van der Waals surface area contributed by atoms with E-state index in [4.69, 9.17) is 0 Å². The smallest absolute Gasteiger partial charge is 0.319 e. The Balaban J connectivity index is 2.51. The van der Waals surface area contributed by atoms with Crippen LogP contribution in [-0.2, 0) is 0 Å². The van der Waals surface area contributed by atoms with Crippen LogP contribution in [0.25, 0.3) is 0 Å². The fourth-order valence-electron chi connectivity index (χ4n) is 2.13. The summed E-state index contributed by atoms with van der Waals surface area (Å²) >= 11 is 0. The van der Waals surface area contributed by atoms with Crippen molar-refractivity contribution in [3.8, 4) is 0 Å². The van der Waals surface area contributed by atoms with Gasteiger partial charge in [-0.25, -0.2) is 4.79 Å². The maximum absolute atomic E-state index is 12.0. The van der Waals surface area contributed by atoms with Crippen LogP contribution in [0.1, 0.15) is 44.7 Å². The highest BCUT2D eigenvalue weighted by Gasteiger charge is 2.21. The van der Waals surface area contributed by atoms with Crippen LogP contribution in [0.2, 0.25) is 0 Å². The number of anilines is 1. The van der Waals surface area contributed by atoms with Gasteiger partial charge in [0.15, 0.2) is 0 Å². The van der Waals surface area contributed by atoms with Gasteiger partial charge in [-0.15, -0.1) is 0 Å². The molecular formula is C17H28N2O2. The number of benzene rings is 1. The molecule has 0 heterocycles. The predicted molar refractivity (Wildman–Crippen MR) is 87.6 cm³/mol. The average molecular weight is 292 g/mol. The first-order valence-electron chi connectivity index (χ1n) is 7.55. The van der Waals surface area contributed by atoms with Gasteiger partial charge in [-0.05, 0) is 50.7 Å². The number of hydrogen-bond acceptors (Lipinski definition) is 2. The van der Waals surface area contributed by atoms with Crippen LogP contribution < -0.4 is 10.6 Å². The van der Waals surface area contributed by atoms with Crippen LogP contribution in [0.3, 0.4) is 0 Å². The van der Waals surface area contributed by atoms with E-state index in [0.29, 0.717) is 12.3 Å². The molecule has 1 rings (SSSR count). The molecule has 0 saturated heterocycles. The number of rotatable bonds is 6. The van der Waals surface area contributed by atoms with E-state index in [1.54, 1.807) is 6.92 Å². The Bertz CT molecular complexity index is 461. The summed E-state index contributed by atoms with van der Waals surface area (Å²) in [4.78, 5) is 12.0. The Hall–Kier alpha value is -1.55. The molecule has 4 heteroatoms. The highest BCUT2D eigenvalue weighted by molar-refractivity contribution is 5.91. The van der Waals surface area contributed by atoms with Gasteiger partial charge in [0, 0.05) is 12.2 Å². The maximum atomic E-state index is 12.0. The van der Waals surface area contributed by atoms with Crippen LogP contribution in [-0.4, -0.2) is 23.3 Å². The van der Waals surface area contributed by atoms with Gasteiger partial charge in [0.2, 0.25) is 0 Å². The Kier molecular flexibility index (Phi) is 6.21. The largest absolute Gasteiger partial charge is 0.388 e. The summed E-state index contributed by atoms with van der Waals surface area (Å²) in [5.41, 5.74) is 2.01. The molecule has 1 aromatic rings. The molecule has 0 aliphatic carbocycles. The van der Waals surface area contributed by atoms with E-state index < -0.39 is 5.60 Å². The van der Waals surface area contributed by atoms with Crippen molar-refractivity contribution in [1.29, 1.82) is 0 Å². The summed E-state index contributed by atoms with van der Waals surface area (Å²) < 4.78 is 0. The first kappa shape index (κ1) is 17.5. The number of carbonyl (C=O) groups is 1. The van der Waals surface area contributed by atoms with Gasteiger partial charge in [-0.1, -0.05) is 32.0 Å². The van der Waals surface area contributed by atoms with Crippen molar-refractivity contribution < 1.29 is 9.90 Å². The molecule has 0 radical (unpaired) electrons. The molecule has 0 fully saturated rings. The summed E-state index contributed by atoms with van der Waals surface area (Å²) in [6.45, 7) is 10.2. The Morgan fingerprint density at radius 2 is 1.86 bits per heavy atom. The van der Waals surface area contributed by atoms with Crippen molar-refractivity contribution in [2.45, 2.75) is 53.1 Å². The molecule has 0 bridgehead atoms. The number of nitrogens with one attached hydrogen (secondary N) is 2. The summed E-state index contributed by atoms with van der Waals surface area (Å²) in [5.74, 6) is 0.542. The van der Waals surface area contributed by atoms with E-state index in [2.05, 4.69) is 24.5 Å². The number of aliphatic hydroxyl groups is 1. The summed E-state index contributed by atoms with van der Waals surface area (Å²) in [6, 6.07) is 5.60. The van der Waals surface area contributed by atoms with E-state index >= 15 is 0 Å². The highest BCUT2D eigenvalue weighted by atomic mass is 16.3. The third-order valence-corrected chi connectivity index (χ3v) is 3.61. The van der Waals surface area contributed by atoms with Crippen molar-refractivity contribution in [2.24, 2.45) is 5.92 Å². The molecule has 3 N–H and O–H groups in total. The lowest BCUT2D eigenvalue weighted by Crippen LogP contribution is -2.42. The highest BCUT2D eigenvalue weighted by Crippen LogP contribution is 2.19. The number of carbonyl (C=O) groups excluding carboxylic acids is 1. The van der Waals surface area contributed by atoms with Crippen LogP contribution in [0.5, 0.6) is 0 Å². The molecule has 0 saturated carbocycles. The van der Waals surface area contributed by atoms with Crippen LogP contribution in [0.4, 0.5) is 10.5 Å². The van der Waals surface area contributed by atoms with Crippen LogP contribution in [0.15, 0.2) is 18.2 Å². The number of urea groups is 1. The third kappa shape index (κ3) is 6.17. The SMILES string of the molecule is Cc1cccc(C)c1NC(=O)NCC(C)(O)CCC(C)C. The molecule has 1 atom stereocenters. The third-order valence-electron chi connectivity index (χ3n) is 3.61. The Morgan fingerprint density at radius 1 is 1.29 bits per heavy atom. The van der Waals surface area contributed by atoms with E-state index in [0.717, 1.165) is 23.2 Å². The molecule has 0 aliphatic rings. The average Bonchev–Trinajstić information content (AvgIpc) is 2.39. The zero-order chi connectivity index (χ0) is 16.0. The molecule has 4 nitrogen and oxygen atoms in total.